The lowest BCUT2D eigenvalue weighted by Gasteiger charge is -2.30. The van der Waals surface area contributed by atoms with Crippen LogP contribution in [0.15, 0.2) is 30.3 Å². The van der Waals surface area contributed by atoms with Gasteiger partial charge in [-0.2, -0.15) is 0 Å². The summed E-state index contributed by atoms with van der Waals surface area (Å²) < 4.78 is 5.75. The van der Waals surface area contributed by atoms with Crippen molar-refractivity contribution in [3.63, 3.8) is 0 Å². The zero-order valence-electron chi connectivity index (χ0n) is 14.1. The van der Waals surface area contributed by atoms with E-state index in [-0.39, 0.29) is 24.4 Å². The largest absolute Gasteiger partial charge is 0.491 e. The maximum Gasteiger partial charge on any atom is 0.237 e. The Morgan fingerprint density at radius 3 is 2.18 bits per heavy atom. The van der Waals surface area contributed by atoms with Gasteiger partial charge >= 0.3 is 0 Å². The van der Waals surface area contributed by atoms with Crippen molar-refractivity contribution in [1.82, 2.24) is 9.80 Å². The molecule has 0 saturated carbocycles. The van der Waals surface area contributed by atoms with Crippen molar-refractivity contribution in [1.29, 1.82) is 0 Å². The smallest absolute Gasteiger partial charge is 0.237 e. The number of halogens is 1. The number of hydrogen-bond donors (Lipinski definition) is 0. The van der Waals surface area contributed by atoms with E-state index in [1.54, 1.807) is 0 Å². The van der Waals surface area contributed by atoms with Crippen molar-refractivity contribution < 1.29 is 9.53 Å². The summed E-state index contributed by atoms with van der Waals surface area (Å²) in [7, 11) is 0. The first kappa shape index (κ1) is 20.7. The first-order chi connectivity index (χ1) is 10.1. The normalized spacial score (nSPS) is 11.7. The fourth-order valence-electron chi connectivity index (χ4n) is 2.29. The van der Waals surface area contributed by atoms with E-state index < -0.39 is 0 Å². The molecule has 0 radical (unpaired) electrons. The lowest BCUT2D eigenvalue weighted by Crippen LogP contribution is -2.46. The summed E-state index contributed by atoms with van der Waals surface area (Å²) >= 11 is 0. The summed E-state index contributed by atoms with van der Waals surface area (Å²) in [5, 5.41) is 0. The molecular formula is C17H29ClN2O2. The molecule has 4 nitrogen and oxygen atoms in total. The van der Waals surface area contributed by atoms with Gasteiger partial charge in [0.05, 0.1) is 12.6 Å². The summed E-state index contributed by atoms with van der Waals surface area (Å²) in [6, 6.07) is 9.79. The highest BCUT2D eigenvalue weighted by Crippen LogP contribution is 2.10. The number of nitrogens with zero attached hydrogens (tertiary/aromatic N) is 2. The van der Waals surface area contributed by atoms with Gasteiger partial charge in [-0.05, 0) is 39.1 Å². The van der Waals surface area contributed by atoms with Crippen molar-refractivity contribution in [2.24, 2.45) is 0 Å². The van der Waals surface area contributed by atoms with Crippen LogP contribution in [0, 0.1) is 0 Å². The number of likely N-dealkylation sites (N-methyl/N-ethyl adjacent to an activating group) is 2. The summed E-state index contributed by atoms with van der Waals surface area (Å²) in [4.78, 5) is 16.4. The number of carbonyl (C=O) groups excluding carboxylic acids is 1. The lowest BCUT2D eigenvalue weighted by atomic mass is 10.2. The lowest BCUT2D eigenvalue weighted by molar-refractivity contribution is -0.134. The van der Waals surface area contributed by atoms with Crippen molar-refractivity contribution in [2.45, 2.75) is 33.7 Å². The molecule has 1 aromatic rings. The van der Waals surface area contributed by atoms with E-state index in [2.05, 4.69) is 18.7 Å². The molecule has 0 N–H and O–H groups in total. The molecule has 0 saturated heterocycles. The van der Waals surface area contributed by atoms with Gasteiger partial charge in [0.15, 0.2) is 0 Å². The van der Waals surface area contributed by atoms with Crippen molar-refractivity contribution in [2.75, 3.05) is 32.8 Å². The highest BCUT2D eigenvalue weighted by atomic mass is 35.5. The van der Waals surface area contributed by atoms with Gasteiger partial charge in [-0.25, -0.2) is 0 Å². The third-order valence-corrected chi connectivity index (χ3v) is 3.68. The molecule has 5 heteroatoms. The molecular weight excluding hydrogens is 300 g/mol. The van der Waals surface area contributed by atoms with E-state index in [9.17, 15) is 4.79 Å². The highest BCUT2D eigenvalue weighted by molar-refractivity contribution is 5.85. The van der Waals surface area contributed by atoms with E-state index in [0.717, 1.165) is 18.8 Å². The molecule has 0 bridgehead atoms. The third kappa shape index (κ3) is 6.67. The second-order valence-corrected chi connectivity index (χ2v) is 5.11. The standard InChI is InChI=1S/C17H28N2O2.ClH/c1-5-18(6-2)13-17(20)19(7-3)15(4)14-21-16-11-9-8-10-12-16;/h8-12,15H,5-7,13-14H2,1-4H3;1H. The topological polar surface area (TPSA) is 32.8 Å². The zero-order valence-corrected chi connectivity index (χ0v) is 14.9. The van der Waals surface area contributed by atoms with Crippen LogP contribution < -0.4 is 4.74 Å². The van der Waals surface area contributed by atoms with Crippen LogP contribution in [0.1, 0.15) is 27.7 Å². The van der Waals surface area contributed by atoms with Gasteiger partial charge < -0.3 is 9.64 Å². The minimum Gasteiger partial charge on any atom is -0.491 e. The second-order valence-electron chi connectivity index (χ2n) is 5.11. The first-order valence-corrected chi connectivity index (χ1v) is 7.81. The van der Waals surface area contributed by atoms with E-state index in [4.69, 9.17) is 4.74 Å². The van der Waals surface area contributed by atoms with Crippen LogP contribution in [-0.2, 0) is 4.79 Å². The molecule has 1 amide bonds. The molecule has 0 aliphatic rings. The first-order valence-electron chi connectivity index (χ1n) is 7.81. The van der Waals surface area contributed by atoms with Gasteiger partial charge in [-0.3, -0.25) is 9.69 Å². The predicted molar refractivity (Wildman–Crippen MR) is 93.8 cm³/mol. The summed E-state index contributed by atoms with van der Waals surface area (Å²) in [6.45, 7) is 11.7. The Labute approximate surface area is 140 Å². The van der Waals surface area contributed by atoms with Crippen molar-refractivity contribution in [3.05, 3.63) is 30.3 Å². The Hall–Kier alpha value is -1.26. The number of rotatable bonds is 9. The van der Waals surface area contributed by atoms with E-state index in [1.165, 1.54) is 0 Å². The van der Waals surface area contributed by atoms with Gasteiger partial charge in [0, 0.05) is 6.54 Å². The highest BCUT2D eigenvalue weighted by Gasteiger charge is 2.20. The van der Waals surface area contributed by atoms with Crippen LogP contribution in [0.4, 0.5) is 0 Å². The van der Waals surface area contributed by atoms with Gasteiger partial charge in [0.1, 0.15) is 12.4 Å². The summed E-state index contributed by atoms with van der Waals surface area (Å²) in [6.07, 6.45) is 0. The Bertz CT molecular complexity index is 410. The fourth-order valence-corrected chi connectivity index (χ4v) is 2.29. The maximum absolute atomic E-state index is 12.4. The summed E-state index contributed by atoms with van der Waals surface area (Å²) in [5.74, 6) is 1.02. The molecule has 0 spiro atoms. The second kappa shape index (κ2) is 11.3. The molecule has 0 fully saturated rings. The number of carbonyl (C=O) groups is 1. The van der Waals surface area contributed by atoms with Crippen molar-refractivity contribution >= 4 is 18.3 Å². The number of hydrogen-bond acceptors (Lipinski definition) is 3. The molecule has 1 atom stereocenters. The monoisotopic (exact) mass is 328 g/mol. The number of para-hydroxylation sites is 1. The Morgan fingerprint density at radius 2 is 1.68 bits per heavy atom. The van der Waals surface area contributed by atoms with Crippen LogP contribution >= 0.6 is 12.4 Å². The van der Waals surface area contributed by atoms with Crippen LogP contribution in [-0.4, -0.2) is 54.5 Å². The number of ether oxygens (including phenoxy) is 1. The Morgan fingerprint density at radius 1 is 1.09 bits per heavy atom. The molecule has 22 heavy (non-hydrogen) atoms. The zero-order chi connectivity index (χ0) is 15.7. The SMILES string of the molecule is CCN(CC)CC(=O)N(CC)C(C)COc1ccccc1.Cl. The molecule has 1 rings (SSSR count). The molecule has 126 valence electrons. The minimum absolute atomic E-state index is 0. The van der Waals surface area contributed by atoms with E-state index >= 15 is 0 Å². The number of benzene rings is 1. The van der Waals surface area contributed by atoms with Crippen LogP contribution in [0.2, 0.25) is 0 Å². The molecule has 0 heterocycles. The van der Waals surface area contributed by atoms with Crippen molar-refractivity contribution in [3.8, 4) is 5.75 Å². The molecule has 0 aliphatic heterocycles. The third-order valence-electron chi connectivity index (χ3n) is 3.68. The molecule has 1 unspecified atom stereocenters. The number of amides is 1. The molecule has 1 aromatic carbocycles. The average Bonchev–Trinajstić information content (AvgIpc) is 2.52. The maximum atomic E-state index is 12.4. The Balaban J connectivity index is 0.00000441. The minimum atomic E-state index is 0. The predicted octanol–water partition coefficient (Wildman–Crippen LogP) is 3.07. The fraction of sp³-hybridized carbons (Fsp3) is 0.588. The molecule has 0 aromatic heterocycles. The average molecular weight is 329 g/mol. The van der Waals surface area contributed by atoms with E-state index in [0.29, 0.717) is 19.7 Å². The Kier molecular flexibility index (Phi) is 10.7. The molecule has 0 aliphatic carbocycles. The van der Waals surface area contributed by atoms with Gasteiger partial charge in [-0.15, -0.1) is 12.4 Å². The van der Waals surface area contributed by atoms with Gasteiger partial charge in [0.2, 0.25) is 5.91 Å². The quantitative estimate of drug-likeness (QED) is 0.698. The van der Waals surface area contributed by atoms with Crippen LogP contribution in [0.5, 0.6) is 5.75 Å². The van der Waals surface area contributed by atoms with Gasteiger partial charge in [-0.1, -0.05) is 32.0 Å². The van der Waals surface area contributed by atoms with E-state index in [1.807, 2.05) is 49.1 Å². The van der Waals surface area contributed by atoms with Crippen LogP contribution in [0.25, 0.3) is 0 Å². The van der Waals surface area contributed by atoms with Crippen LogP contribution in [0.3, 0.4) is 0 Å². The van der Waals surface area contributed by atoms with Gasteiger partial charge in [0.25, 0.3) is 0 Å². The summed E-state index contributed by atoms with van der Waals surface area (Å²) in [5.41, 5.74) is 0.